The van der Waals surface area contributed by atoms with E-state index in [1.165, 1.54) is 11.1 Å². The highest BCUT2D eigenvalue weighted by molar-refractivity contribution is 6.30. The lowest BCUT2D eigenvalue weighted by Crippen LogP contribution is -2.23. The van der Waals surface area contributed by atoms with Crippen LogP contribution in [-0.2, 0) is 13.1 Å². The number of nitrogens with zero attached hydrogens (tertiary/aromatic N) is 2. The van der Waals surface area contributed by atoms with Crippen molar-refractivity contribution >= 4 is 28.3 Å². The minimum absolute atomic E-state index is 0.512. The minimum atomic E-state index is 0.512. The van der Waals surface area contributed by atoms with Gasteiger partial charge in [0.1, 0.15) is 5.15 Å². The molecule has 2 aromatic heterocycles. The first kappa shape index (κ1) is 16.7. The molecule has 4 aromatic rings. The van der Waals surface area contributed by atoms with Crippen LogP contribution in [0.1, 0.15) is 16.8 Å². The predicted octanol–water partition coefficient (Wildman–Crippen LogP) is 5.73. The second-order valence-corrected chi connectivity index (χ2v) is 6.90. The molecule has 4 rings (SSSR count). The number of aromatic nitrogens is 2. The lowest BCUT2D eigenvalue weighted by molar-refractivity contribution is 0.787. The molecule has 4 heteroatoms. The third-order valence-electron chi connectivity index (χ3n) is 4.43. The van der Waals surface area contributed by atoms with Gasteiger partial charge in [0, 0.05) is 24.2 Å². The maximum Gasteiger partial charge on any atom is 0.155 e. The van der Waals surface area contributed by atoms with E-state index in [2.05, 4.69) is 76.4 Å². The highest BCUT2D eigenvalue weighted by atomic mass is 35.5. The Balaban J connectivity index is 1.79. The summed E-state index contributed by atoms with van der Waals surface area (Å²) in [5.41, 5.74) is 4.60. The molecular formula is C22H20ClN3. The fourth-order valence-corrected chi connectivity index (χ4v) is 3.47. The minimum Gasteiger partial charge on any atom is -0.356 e. The molecule has 130 valence electrons. The van der Waals surface area contributed by atoms with Gasteiger partial charge < -0.3 is 9.88 Å². The lowest BCUT2D eigenvalue weighted by Gasteiger charge is -2.25. The van der Waals surface area contributed by atoms with Gasteiger partial charge in [-0.15, -0.1) is 0 Å². The maximum atomic E-state index is 6.33. The molecule has 0 bridgehead atoms. The van der Waals surface area contributed by atoms with E-state index in [0.717, 1.165) is 35.5 Å². The zero-order valence-corrected chi connectivity index (χ0v) is 15.4. The summed E-state index contributed by atoms with van der Waals surface area (Å²) in [5.74, 6) is 0.883. The summed E-state index contributed by atoms with van der Waals surface area (Å²) in [7, 11) is 0. The Labute approximate surface area is 158 Å². The number of H-pyrrole nitrogens is 1. The van der Waals surface area contributed by atoms with Crippen molar-refractivity contribution < 1.29 is 0 Å². The molecular weight excluding hydrogens is 342 g/mol. The fraction of sp³-hybridized carbons (Fsp3) is 0.136. The molecule has 0 aliphatic heterocycles. The molecule has 26 heavy (non-hydrogen) atoms. The van der Waals surface area contributed by atoms with Crippen molar-refractivity contribution in [1.82, 2.24) is 9.97 Å². The molecule has 0 saturated heterocycles. The Morgan fingerprint density at radius 3 is 2.04 bits per heavy atom. The van der Waals surface area contributed by atoms with Gasteiger partial charge in [-0.3, -0.25) is 0 Å². The average Bonchev–Trinajstić information content (AvgIpc) is 3.02. The SMILES string of the molecule is Cc1cc2cc(Cl)nc(N(Cc3ccccc3)Cc3ccccc3)c2[nH]1. The van der Waals surface area contributed by atoms with Gasteiger partial charge in [-0.25, -0.2) is 4.98 Å². The molecule has 0 aliphatic carbocycles. The monoisotopic (exact) mass is 361 g/mol. The molecule has 0 atom stereocenters. The second-order valence-electron chi connectivity index (χ2n) is 6.51. The number of benzene rings is 2. The van der Waals surface area contributed by atoms with E-state index in [1.807, 2.05) is 18.2 Å². The van der Waals surface area contributed by atoms with Crippen LogP contribution in [0.25, 0.3) is 10.9 Å². The summed E-state index contributed by atoms with van der Waals surface area (Å²) in [4.78, 5) is 10.4. The quantitative estimate of drug-likeness (QED) is 0.460. The Morgan fingerprint density at radius 1 is 0.885 bits per heavy atom. The number of hydrogen-bond acceptors (Lipinski definition) is 2. The number of nitrogens with one attached hydrogen (secondary N) is 1. The summed E-state index contributed by atoms with van der Waals surface area (Å²) in [6.45, 7) is 3.57. The highest BCUT2D eigenvalue weighted by Crippen LogP contribution is 2.30. The van der Waals surface area contributed by atoms with Crippen molar-refractivity contribution in [3.8, 4) is 0 Å². The van der Waals surface area contributed by atoms with Crippen molar-refractivity contribution in [2.24, 2.45) is 0 Å². The standard InChI is InChI=1S/C22H20ClN3/c1-16-12-19-13-20(23)25-22(21(19)24-16)26(14-17-8-4-2-5-9-17)15-18-10-6-3-7-11-18/h2-13,24H,14-15H2,1H3. The molecule has 2 heterocycles. The number of aromatic amines is 1. The molecule has 1 N–H and O–H groups in total. The van der Waals surface area contributed by atoms with Gasteiger partial charge in [0.25, 0.3) is 0 Å². The van der Waals surface area contributed by atoms with Gasteiger partial charge in [-0.2, -0.15) is 0 Å². The first-order chi connectivity index (χ1) is 12.7. The molecule has 2 aromatic carbocycles. The van der Waals surface area contributed by atoms with Crippen molar-refractivity contribution in [3.05, 3.63) is 94.8 Å². The summed E-state index contributed by atoms with van der Waals surface area (Å²) < 4.78 is 0. The van der Waals surface area contributed by atoms with Gasteiger partial charge in [0.05, 0.1) is 5.52 Å². The molecule has 0 unspecified atom stereocenters. The number of fused-ring (bicyclic) bond motifs is 1. The first-order valence-electron chi connectivity index (χ1n) is 8.68. The topological polar surface area (TPSA) is 31.9 Å². The molecule has 0 aliphatic rings. The van der Waals surface area contributed by atoms with Crippen LogP contribution in [0.2, 0.25) is 5.15 Å². The van der Waals surface area contributed by atoms with E-state index in [9.17, 15) is 0 Å². The second kappa shape index (κ2) is 7.22. The number of pyridine rings is 1. The van der Waals surface area contributed by atoms with Gasteiger partial charge in [-0.1, -0.05) is 72.3 Å². The van der Waals surface area contributed by atoms with Crippen LogP contribution < -0.4 is 4.90 Å². The van der Waals surface area contributed by atoms with E-state index in [-0.39, 0.29) is 0 Å². The highest BCUT2D eigenvalue weighted by Gasteiger charge is 2.16. The summed E-state index contributed by atoms with van der Waals surface area (Å²) in [6.07, 6.45) is 0. The van der Waals surface area contributed by atoms with Crippen LogP contribution in [0.3, 0.4) is 0 Å². The number of hydrogen-bond donors (Lipinski definition) is 1. The van der Waals surface area contributed by atoms with Gasteiger partial charge in [0.15, 0.2) is 5.82 Å². The van der Waals surface area contributed by atoms with E-state index in [0.29, 0.717) is 5.15 Å². The van der Waals surface area contributed by atoms with Gasteiger partial charge in [-0.05, 0) is 30.2 Å². The number of anilines is 1. The van der Waals surface area contributed by atoms with Gasteiger partial charge >= 0.3 is 0 Å². The summed E-state index contributed by atoms with van der Waals surface area (Å²) in [6, 6.07) is 24.9. The molecule has 0 spiro atoms. The third-order valence-corrected chi connectivity index (χ3v) is 4.62. The van der Waals surface area contributed by atoms with Crippen molar-refractivity contribution in [2.45, 2.75) is 20.0 Å². The van der Waals surface area contributed by atoms with Crippen molar-refractivity contribution in [1.29, 1.82) is 0 Å². The van der Waals surface area contributed by atoms with Crippen LogP contribution >= 0.6 is 11.6 Å². The van der Waals surface area contributed by atoms with Gasteiger partial charge in [0.2, 0.25) is 0 Å². The smallest absolute Gasteiger partial charge is 0.155 e. The van der Waals surface area contributed by atoms with E-state index in [4.69, 9.17) is 11.6 Å². The Bertz CT molecular complexity index is 968. The van der Waals surface area contributed by atoms with Crippen molar-refractivity contribution in [2.75, 3.05) is 4.90 Å². The molecule has 0 saturated carbocycles. The summed E-state index contributed by atoms with van der Waals surface area (Å²) >= 11 is 6.33. The summed E-state index contributed by atoms with van der Waals surface area (Å²) in [5, 5.41) is 1.60. The molecule has 0 fully saturated rings. The molecule has 3 nitrogen and oxygen atoms in total. The first-order valence-corrected chi connectivity index (χ1v) is 9.05. The van der Waals surface area contributed by atoms with E-state index >= 15 is 0 Å². The van der Waals surface area contributed by atoms with Crippen molar-refractivity contribution in [3.63, 3.8) is 0 Å². The Hall–Kier alpha value is -2.78. The largest absolute Gasteiger partial charge is 0.356 e. The number of halogens is 1. The van der Waals surface area contributed by atoms with E-state index in [1.54, 1.807) is 0 Å². The number of rotatable bonds is 5. The zero-order valence-electron chi connectivity index (χ0n) is 14.6. The van der Waals surface area contributed by atoms with Crippen LogP contribution in [0.5, 0.6) is 0 Å². The molecule has 0 radical (unpaired) electrons. The molecule has 0 amide bonds. The normalized spacial score (nSPS) is 11.0. The van der Waals surface area contributed by atoms with Crippen LogP contribution in [0, 0.1) is 6.92 Å². The zero-order chi connectivity index (χ0) is 17.9. The Morgan fingerprint density at radius 2 is 1.46 bits per heavy atom. The lowest BCUT2D eigenvalue weighted by atomic mass is 10.1. The van der Waals surface area contributed by atoms with Crippen LogP contribution in [0.15, 0.2) is 72.8 Å². The van der Waals surface area contributed by atoms with E-state index < -0.39 is 0 Å². The fourth-order valence-electron chi connectivity index (χ4n) is 3.27. The Kier molecular flexibility index (Phi) is 4.63. The van der Waals surface area contributed by atoms with Crippen LogP contribution in [-0.4, -0.2) is 9.97 Å². The predicted molar refractivity (Wildman–Crippen MR) is 109 cm³/mol. The third kappa shape index (κ3) is 3.58. The average molecular weight is 362 g/mol. The van der Waals surface area contributed by atoms with Crippen LogP contribution in [0.4, 0.5) is 5.82 Å². The maximum absolute atomic E-state index is 6.33. The number of aryl methyl sites for hydroxylation is 1.